The van der Waals surface area contributed by atoms with Gasteiger partial charge < -0.3 is 15.6 Å². The van der Waals surface area contributed by atoms with Gasteiger partial charge in [-0.3, -0.25) is 9.89 Å². The average Bonchev–Trinajstić information content (AvgIpc) is 3.19. The van der Waals surface area contributed by atoms with E-state index in [1.165, 1.54) is 4.90 Å². The number of benzene rings is 1. The van der Waals surface area contributed by atoms with Crippen LogP contribution in [-0.2, 0) is 6.42 Å². The van der Waals surface area contributed by atoms with Gasteiger partial charge in [-0.05, 0) is 25.5 Å². The number of likely N-dealkylation sites (tertiary alicyclic amines) is 1. The van der Waals surface area contributed by atoms with Gasteiger partial charge >= 0.3 is 6.18 Å². The fourth-order valence-electron chi connectivity index (χ4n) is 3.26. The Morgan fingerprint density at radius 1 is 1.36 bits per heavy atom. The number of aromatic amines is 1. The number of hydrogen-bond donors (Lipinski definition) is 3. The van der Waals surface area contributed by atoms with Crippen LogP contribution in [0.3, 0.4) is 0 Å². The van der Waals surface area contributed by atoms with Gasteiger partial charge in [0.2, 0.25) is 0 Å². The van der Waals surface area contributed by atoms with Crippen LogP contribution < -0.4 is 10.6 Å². The molecule has 1 saturated heterocycles. The highest BCUT2D eigenvalue weighted by Gasteiger charge is 2.34. The number of hydrogen-bond acceptors (Lipinski definition) is 3. The van der Waals surface area contributed by atoms with Crippen LogP contribution in [0.1, 0.15) is 19.2 Å². The zero-order valence-electron chi connectivity index (χ0n) is 15.7. The normalized spacial score (nSPS) is 18.3. The van der Waals surface area contributed by atoms with Gasteiger partial charge in [0.05, 0.1) is 17.6 Å². The number of fused-ring (bicyclic) bond motifs is 1. The third kappa shape index (κ3) is 6.80. The molecule has 3 N–H and O–H groups in total. The summed E-state index contributed by atoms with van der Waals surface area (Å²) < 4.78 is 37.5. The lowest BCUT2D eigenvalue weighted by Crippen LogP contribution is -2.45. The minimum atomic E-state index is -4.15. The van der Waals surface area contributed by atoms with Crippen molar-refractivity contribution in [2.45, 2.75) is 32.0 Å². The van der Waals surface area contributed by atoms with Crippen LogP contribution in [0.25, 0.3) is 11.0 Å². The molecule has 0 aliphatic carbocycles. The second-order valence-electron chi connectivity index (χ2n) is 6.69. The molecule has 0 amide bonds. The molecule has 0 spiro atoms. The van der Waals surface area contributed by atoms with Gasteiger partial charge in [0.1, 0.15) is 5.82 Å². The molecule has 6 nitrogen and oxygen atoms in total. The molecular weight excluding hydrogens is 484 g/mol. The Labute approximate surface area is 179 Å². The number of imidazole rings is 1. The first-order valence-corrected chi connectivity index (χ1v) is 9.20. The topological polar surface area (TPSA) is 68.3 Å². The van der Waals surface area contributed by atoms with Crippen LogP contribution in [0.15, 0.2) is 29.3 Å². The van der Waals surface area contributed by atoms with E-state index in [4.69, 9.17) is 0 Å². The van der Waals surface area contributed by atoms with Crippen molar-refractivity contribution in [2.75, 3.05) is 32.7 Å². The smallest absolute Gasteiger partial charge is 0.357 e. The van der Waals surface area contributed by atoms with Crippen LogP contribution in [0.5, 0.6) is 0 Å². The number of alkyl halides is 3. The summed E-state index contributed by atoms with van der Waals surface area (Å²) in [5.74, 6) is 1.50. The SMILES string of the molecule is CCNC(=NCCc1nc2ccccc2[nH]1)NC1CCN(CC(F)(F)F)C1.I. The molecule has 28 heavy (non-hydrogen) atoms. The number of H-pyrrole nitrogens is 1. The number of nitrogens with zero attached hydrogens (tertiary/aromatic N) is 3. The largest absolute Gasteiger partial charge is 0.401 e. The molecule has 0 bridgehead atoms. The first kappa shape index (κ1) is 22.7. The summed E-state index contributed by atoms with van der Waals surface area (Å²) in [6.07, 6.45) is -2.82. The van der Waals surface area contributed by atoms with Crippen molar-refractivity contribution >= 4 is 41.0 Å². The van der Waals surface area contributed by atoms with E-state index in [1.807, 2.05) is 31.2 Å². The van der Waals surface area contributed by atoms with Crippen molar-refractivity contribution in [1.82, 2.24) is 25.5 Å². The van der Waals surface area contributed by atoms with Gasteiger partial charge in [-0.1, -0.05) is 12.1 Å². The van der Waals surface area contributed by atoms with Gasteiger partial charge in [-0.2, -0.15) is 13.2 Å². The second kappa shape index (κ2) is 10.3. The maximum absolute atomic E-state index is 12.5. The van der Waals surface area contributed by atoms with Crippen LogP contribution >= 0.6 is 24.0 Å². The first-order chi connectivity index (χ1) is 12.9. The highest BCUT2D eigenvalue weighted by molar-refractivity contribution is 14.0. The number of para-hydroxylation sites is 2. The summed E-state index contributed by atoms with van der Waals surface area (Å²) in [5, 5.41) is 6.40. The van der Waals surface area contributed by atoms with Crippen LogP contribution in [0, 0.1) is 0 Å². The Balaban J connectivity index is 0.00000280. The second-order valence-corrected chi connectivity index (χ2v) is 6.69. The fraction of sp³-hybridized carbons (Fsp3) is 0.556. The molecule has 10 heteroatoms. The highest BCUT2D eigenvalue weighted by Crippen LogP contribution is 2.19. The Morgan fingerprint density at radius 3 is 2.86 bits per heavy atom. The number of rotatable bonds is 6. The number of aliphatic imine (C=N–C) groups is 1. The van der Waals surface area contributed by atoms with E-state index < -0.39 is 12.7 Å². The summed E-state index contributed by atoms with van der Waals surface area (Å²) in [5.41, 5.74) is 1.93. The van der Waals surface area contributed by atoms with E-state index in [2.05, 4.69) is 25.6 Å². The summed E-state index contributed by atoms with van der Waals surface area (Å²) >= 11 is 0. The van der Waals surface area contributed by atoms with Crippen molar-refractivity contribution in [3.05, 3.63) is 30.1 Å². The zero-order valence-corrected chi connectivity index (χ0v) is 18.1. The molecule has 3 rings (SSSR count). The third-order valence-electron chi connectivity index (χ3n) is 4.42. The van der Waals surface area contributed by atoms with E-state index >= 15 is 0 Å². The third-order valence-corrected chi connectivity index (χ3v) is 4.42. The van der Waals surface area contributed by atoms with Gasteiger partial charge in [0, 0.05) is 38.6 Å². The van der Waals surface area contributed by atoms with Crippen LogP contribution in [-0.4, -0.2) is 65.8 Å². The standard InChI is InChI=1S/C18H25F3N6.HI/c1-2-22-17(24-13-8-10-27(11-13)12-18(19,20)21)23-9-7-16-25-14-5-3-4-6-15(14)26-16;/h3-6,13H,2,7-12H2,1H3,(H,25,26)(H2,22,23,24);1H. The van der Waals surface area contributed by atoms with E-state index in [0.717, 1.165) is 16.9 Å². The van der Waals surface area contributed by atoms with Crippen molar-refractivity contribution < 1.29 is 13.2 Å². The molecule has 0 saturated carbocycles. The van der Waals surface area contributed by atoms with Gasteiger partial charge in [0.25, 0.3) is 0 Å². The Hall–Kier alpha value is -1.56. The molecule has 156 valence electrons. The lowest BCUT2D eigenvalue weighted by molar-refractivity contribution is -0.143. The van der Waals surface area contributed by atoms with E-state index in [0.29, 0.717) is 45.0 Å². The summed E-state index contributed by atoms with van der Waals surface area (Å²) in [7, 11) is 0. The molecule has 1 aliphatic heterocycles. The number of nitrogens with one attached hydrogen (secondary N) is 3. The van der Waals surface area contributed by atoms with Gasteiger partial charge in [0.15, 0.2) is 5.96 Å². The number of aromatic nitrogens is 2. The van der Waals surface area contributed by atoms with Crippen molar-refractivity contribution in [3.63, 3.8) is 0 Å². The Morgan fingerprint density at radius 2 is 2.14 bits per heavy atom. The molecular formula is C18H26F3IN6. The number of halogens is 4. The molecule has 1 atom stereocenters. The predicted molar refractivity (Wildman–Crippen MR) is 115 cm³/mol. The molecule has 1 aliphatic rings. The lowest BCUT2D eigenvalue weighted by Gasteiger charge is -2.19. The summed E-state index contributed by atoms with van der Waals surface area (Å²) in [4.78, 5) is 13.8. The molecule has 1 aromatic heterocycles. The molecule has 1 unspecified atom stereocenters. The van der Waals surface area contributed by atoms with E-state index in [1.54, 1.807) is 0 Å². The van der Waals surface area contributed by atoms with E-state index in [-0.39, 0.29) is 30.0 Å². The summed E-state index contributed by atoms with van der Waals surface area (Å²) in [6.45, 7) is 3.14. The van der Waals surface area contributed by atoms with Crippen molar-refractivity contribution in [2.24, 2.45) is 4.99 Å². The maximum atomic E-state index is 12.5. The Bertz CT molecular complexity index is 743. The molecule has 2 aromatic rings. The van der Waals surface area contributed by atoms with Gasteiger partial charge in [-0.25, -0.2) is 4.98 Å². The zero-order chi connectivity index (χ0) is 19.3. The van der Waals surface area contributed by atoms with Crippen molar-refractivity contribution in [1.29, 1.82) is 0 Å². The Kier molecular flexibility index (Phi) is 8.35. The maximum Gasteiger partial charge on any atom is 0.401 e. The molecule has 1 fully saturated rings. The minimum absolute atomic E-state index is 0. The summed E-state index contributed by atoms with van der Waals surface area (Å²) in [6, 6.07) is 7.81. The van der Waals surface area contributed by atoms with Crippen LogP contribution in [0.2, 0.25) is 0 Å². The average molecular weight is 510 g/mol. The monoisotopic (exact) mass is 510 g/mol. The first-order valence-electron chi connectivity index (χ1n) is 9.20. The van der Waals surface area contributed by atoms with Crippen LogP contribution in [0.4, 0.5) is 13.2 Å². The quantitative estimate of drug-likeness (QED) is 0.318. The van der Waals surface area contributed by atoms with E-state index in [9.17, 15) is 13.2 Å². The highest BCUT2D eigenvalue weighted by atomic mass is 127. The lowest BCUT2D eigenvalue weighted by atomic mass is 10.3. The molecule has 0 radical (unpaired) electrons. The number of guanidine groups is 1. The van der Waals surface area contributed by atoms with Gasteiger partial charge in [-0.15, -0.1) is 24.0 Å². The minimum Gasteiger partial charge on any atom is -0.357 e. The molecule has 1 aromatic carbocycles. The fourth-order valence-corrected chi connectivity index (χ4v) is 3.26. The molecule has 2 heterocycles. The predicted octanol–water partition coefficient (Wildman–Crippen LogP) is 2.92. The van der Waals surface area contributed by atoms with Crippen molar-refractivity contribution in [3.8, 4) is 0 Å².